The molecule has 0 saturated heterocycles. The van der Waals surface area contributed by atoms with Gasteiger partial charge in [-0.05, 0) is 19.9 Å². The molecule has 0 spiro atoms. The lowest BCUT2D eigenvalue weighted by molar-refractivity contribution is 0.493. The predicted octanol–water partition coefficient (Wildman–Crippen LogP) is 1.79. The highest BCUT2D eigenvalue weighted by atomic mass is 32.2. The molecule has 1 aromatic heterocycles. The molecule has 1 heterocycles. The Labute approximate surface area is 101 Å². The minimum Gasteiger partial charge on any atom is -0.329 e. The predicted molar refractivity (Wildman–Crippen MR) is 66.2 cm³/mol. The maximum atomic E-state index is 9.16. The van der Waals surface area contributed by atoms with Crippen molar-refractivity contribution in [1.82, 2.24) is 14.9 Å². The van der Waals surface area contributed by atoms with Gasteiger partial charge in [0.2, 0.25) is 0 Å². The number of rotatable bonds is 6. The second-order valence-electron chi connectivity index (χ2n) is 3.98. The quantitative estimate of drug-likeness (QED) is 0.768. The fourth-order valence-corrected chi connectivity index (χ4v) is 2.21. The Kier molecular flexibility index (Phi) is 4.84. The molecule has 88 valence electrons. The smallest absolute Gasteiger partial charge is 0.167 e. The van der Waals surface area contributed by atoms with E-state index in [-0.39, 0.29) is 0 Å². The van der Waals surface area contributed by atoms with Crippen molar-refractivity contribution in [3.63, 3.8) is 0 Å². The molecule has 0 aliphatic rings. The summed E-state index contributed by atoms with van der Waals surface area (Å²) >= 11 is 1.60. The number of nitrogens with zero attached hydrogens (tertiary/aromatic N) is 3. The molecule has 1 unspecified atom stereocenters. The van der Waals surface area contributed by atoms with E-state index in [1.165, 1.54) is 0 Å². The van der Waals surface area contributed by atoms with Gasteiger partial charge >= 0.3 is 0 Å². The van der Waals surface area contributed by atoms with Gasteiger partial charge in [-0.1, -0.05) is 18.7 Å². The minimum atomic E-state index is -0.480. The van der Waals surface area contributed by atoms with Crippen LogP contribution in [-0.2, 0) is 7.05 Å². The van der Waals surface area contributed by atoms with Crippen LogP contribution in [0.1, 0.15) is 20.3 Å². The van der Waals surface area contributed by atoms with Gasteiger partial charge in [0.1, 0.15) is 5.54 Å². The van der Waals surface area contributed by atoms with E-state index in [2.05, 4.69) is 23.3 Å². The summed E-state index contributed by atoms with van der Waals surface area (Å²) in [6.45, 7) is 4.89. The zero-order valence-corrected chi connectivity index (χ0v) is 10.8. The van der Waals surface area contributed by atoms with Crippen LogP contribution in [0.3, 0.4) is 0 Å². The lowest BCUT2D eigenvalue weighted by Gasteiger charge is -2.22. The first-order valence-electron chi connectivity index (χ1n) is 5.37. The molecule has 16 heavy (non-hydrogen) atoms. The number of nitriles is 1. The first-order chi connectivity index (χ1) is 7.61. The second kappa shape index (κ2) is 5.92. The Bertz CT molecular complexity index is 368. The van der Waals surface area contributed by atoms with Gasteiger partial charge in [-0.15, -0.1) is 0 Å². The van der Waals surface area contributed by atoms with Gasteiger partial charge in [-0.3, -0.25) is 5.32 Å². The van der Waals surface area contributed by atoms with Gasteiger partial charge in [0.25, 0.3) is 0 Å². The first-order valence-corrected chi connectivity index (χ1v) is 6.36. The molecule has 0 amide bonds. The summed E-state index contributed by atoms with van der Waals surface area (Å²) in [5.41, 5.74) is -0.480. The third-order valence-corrected chi connectivity index (χ3v) is 3.65. The van der Waals surface area contributed by atoms with Gasteiger partial charge < -0.3 is 4.57 Å². The molecular weight excluding hydrogens is 220 g/mol. The van der Waals surface area contributed by atoms with Crippen LogP contribution in [0, 0.1) is 11.3 Å². The Hall–Kier alpha value is -0.990. The molecule has 0 saturated carbocycles. The van der Waals surface area contributed by atoms with Crippen LogP contribution in [0.2, 0.25) is 0 Å². The molecule has 1 aromatic rings. The van der Waals surface area contributed by atoms with E-state index in [1.54, 1.807) is 18.0 Å². The van der Waals surface area contributed by atoms with Crippen molar-refractivity contribution in [1.29, 1.82) is 5.26 Å². The molecule has 5 heteroatoms. The van der Waals surface area contributed by atoms with Crippen LogP contribution in [-0.4, -0.2) is 27.4 Å². The Morgan fingerprint density at radius 2 is 2.44 bits per heavy atom. The maximum absolute atomic E-state index is 9.16. The monoisotopic (exact) mass is 238 g/mol. The second-order valence-corrected chi connectivity index (χ2v) is 4.92. The van der Waals surface area contributed by atoms with E-state index < -0.39 is 5.54 Å². The number of thioether (sulfide) groups is 1. The number of aryl methyl sites for hydroxylation is 1. The van der Waals surface area contributed by atoms with Gasteiger partial charge in [0.15, 0.2) is 5.16 Å². The summed E-state index contributed by atoms with van der Waals surface area (Å²) < 4.78 is 1.96. The van der Waals surface area contributed by atoms with Crippen LogP contribution in [0.4, 0.5) is 0 Å². The molecule has 1 atom stereocenters. The van der Waals surface area contributed by atoms with E-state index in [1.807, 2.05) is 24.7 Å². The van der Waals surface area contributed by atoms with Crippen molar-refractivity contribution in [2.24, 2.45) is 7.05 Å². The van der Waals surface area contributed by atoms with Crippen LogP contribution in [0.25, 0.3) is 0 Å². The average Bonchev–Trinajstić information content (AvgIpc) is 2.70. The Balaban J connectivity index is 2.52. The van der Waals surface area contributed by atoms with Crippen molar-refractivity contribution < 1.29 is 0 Å². The van der Waals surface area contributed by atoms with Crippen molar-refractivity contribution in [3.8, 4) is 6.07 Å². The van der Waals surface area contributed by atoms with Crippen molar-refractivity contribution in [3.05, 3.63) is 12.4 Å². The topological polar surface area (TPSA) is 53.6 Å². The summed E-state index contributed by atoms with van der Waals surface area (Å²) in [6, 6.07) is 2.33. The number of nitrogens with one attached hydrogen (secondary N) is 1. The molecule has 0 fully saturated rings. The van der Waals surface area contributed by atoms with Crippen LogP contribution in [0.5, 0.6) is 0 Å². The zero-order chi connectivity index (χ0) is 12.0. The third-order valence-electron chi connectivity index (χ3n) is 2.28. The molecule has 0 aliphatic heterocycles. The van der Waals surface area contributed by atoms with Gasteiger partial charge in [0.05, 0.1) is 6.07 Å². The number of imidazole rings is 1. The highest BCUT2D eigenvalue weighted by Gasteiger charge is 2.23. The highest BCUT2D eigenvalue weighted by molar-refractivity contribution is 7.99. The van der Waals surface area contributed by atoms with Crippen molar-refractivity contribution in [2.75, 3.05) is 12.3 Å². The van der Waals surface area contributed by atoms with Crippen LogP contribution < -0.4 is 5.32 Å². The van der Waals surface area contributed by atoms with E-state index in [4.69, 9.17) is 5.26 Å². The summed E-state index contributed by atoms with van der Waals surface area (Å²) in [5, 5.41) is 13.4. The summed E-state index contributed by atoms with van der Waals surface area (Å²) in [7, 11) is 1.96. The standard InChI is InChI=1S/C11H18N4S/c1-4-5-14-11(2,8-12)9-16-10-13-6-7-15(10)3/h6-7,14H,4-5,9H2,1-3H3. The van der Waals surface area contributed by atoms with Crippen LogP contribution >= 0.6 is 11.8 Å². The lowest BCUT2D eigenvalue weighted by Crippen LogP contribution is -2.43. The lowest BCUT2D eigenvalue weighted by atomic mass is 10.1. The average molecular weight is 238 g/mol. The molecule has 0 radical (unpaired) electrons. The van der Waals surface area contributed by atoms with E-state index >= 15 is 0 Å². The third kappa shape index (κ3) is 3.54. The van der Waals surface area contributed by atoms with Crippen LogP contribution in [0.15, 0.2) is 17.6 Å². The Morgan fingerprint density at radius 3 is 2.94 bits per heavy atom. The molecule has 0 aliphatic carbocycles. The van der Waals surface area contributed by atoms with Gasteiger partial charge in [-0.2, -0.15) is 5.26 Å². The summed E-state index contributed by atoms with van der Waals surface area (Å²) in [5.74, 6) is 0.703. The van der Waals surface area contributed by atoms with E-state index in [0.29, 0.717) is 5.75 Å². The molecule has 0 aromatic carbocycles. The molecule has 1 N–H and O–H groups in total. The largest absolute Gasteiger partial charge is 0.329 e. The fraction of sp³-hybridized carbons (Fsp3) is 0.636. The van der Waals surface area contributed by atoms with Crippen molar-refractivity contribution >= 4 is 11.8 Å². The highest BCUT2D eigenvalue weighted by Crippen LogP contribution is 2.20. The molecular formula is C11H18N4S. The number of aromatic nitrogens is 2. The Morgan fingerprint density at radius 1 is 1.69 bits per heavy atom. The molecule has 1 rings (SSSR count). The summed E-state index contributed by atoms with van der Waals surface area (Å²) in [4.78, 5) is 4.22. The van der Waals surface area contributed by atoms with Crippen molar-refractivity contribution in [2.45, 2.75) is 31.0 Å². The summed E-state index contributed by atoms with van der Waals surface area (Å²) in [6.07, 6.45) is 4.71. The normalized spacial score (nSPS) is 14.4. The first kappa shape index (κ1) is 13.1. The zero-order valence-electron chi connectivity index (χ0n) is 10.0. The number of hydrogen-bond acceptors (Lipinski definition) is 4. The van der Waals surface area contributed by atoms with Gasteiger partial charge in [-0.25, -0.2) is 4.98 Å². The number of hydrogen-bond donors (Lipinski definition) is 1. The maximum Gasteiger partial charge on any atom is 0.167 e. The van der Waals surface area contributed by atoms with E-state index in [0.717, 1.165) is 18.1 Å². The van der Waals surface area contributed by atoms with Gasteiger partial charge in [0, 0.05) is 25.2 Å². The minimum absolute atomic E-state index is 0.480. The molecule has 0 bridgehead atoms. The molecule has 4 nitrogen and oxygen atoms in total. The SMILES string of the molecule is CCCNC(C)(C#N)CSc1nccn1C. The fourth-order valence-electron chi connectivity index (χ4n) is 1.22. The van der Waals surface area contributed by atoms with E-state index in [9.17, 15) is 0 Å².